The van der Waals surface area contributed by atoms with Gasteiger partial charge in [-0.05, 0) is 98.5 Å². The number of amides is 2. The lowest BCUT2D eigenvalue weighted by atomic mass is 9.77. The minimum atomic E-state index is -5.25. The molecule has 0 bridgehead atoms. The maximum atomic E-state index is 15.7. The van der Waals surface area contributed by atoms with Crippen LogP contribution in [-0.2, 0) is 77.7 Å². The lowest BCUT2D eigenvalue weighted by Crippen LogP contribution is -2.40. The summed E-state index contributed by atoms with van der Waals surface area (Å²) in [5.41, 5.74) is -6.68. The van der Waals surface area contributed by atoms with Crippen LogP contribution in [0.3, 0.4) is 0 Å². The van der Waals surface area contributed by atoms with Gasteiger partial charge in [0.2, 0.25) is 21.8 Å². The number of anilines is 1. The lowest BCUT2D eigenvalue weighted by molar-refractivity contribution is -0.143. The van der Waals surface area contributed by atoms with E-state index in [2.05, 4.69) is 32.3 Å². The molecule has 3 heterocycles. The molecule has 2 amide bonds. The van der Waals surface area contributed by atoms with Gasteiger partial charge >= 0.3 is 18.3 Å². The number of aryl methyl sites for hydroxylation is 1. The average molecular weight is 1230 g/mol. The molecule has 3 atom stereocenters. The highest BCUT2D eigenvalue weighted by atomic mass is 35.5. The predicted octanol–water partition coefficient (Wildman–Crippen LogP) is 9.90. The third-order valence-corrected chi connectivity index (χ3v) is 17.5. The van der Waals surface area contributed by atoms with Crippen molar-refractivity contribution in [1.82, 2.24) is 29.9 Å². The molecule has 0 aliphatic heterocycles. The van der Waals surface area contributed by atoms with Gasteiger partial charge in [0.25, 0.3) is 5.92 Å². The molecule has 29 heteroatoms. The number of nitrogens with zero attached hydrogens (tertiary/aromatic N) is 6. The first kappa shape index (κ1) is 61.8. The normalized spacial score (nSPS) is 16.4. The Hall–Kier alpha value is -7.25. The molecule has 1 saturated carbocycles. The van der Waals surface area contributed by atoms with E-state index in [0.29, 0.717) is 17.9 Å². The summed E-state index contributed by atoms with van der Waals surface area (Å²) in [7, 11) is -7.62. The summed E-state index contributed by atoms with van der Waals surface area (Å²) in [6.07, 6.45) is -11.4. The van der Waals surface area contributed by atoms with Crippen LogP contribution >= 0.6 is 11.6 Å². The number of alkyl halides is 8. The topological polar surface area (TPSA) is 213 Å². The number of sulfone groups is 1. The number of methoxy groups -OCH3 is 1. The second-order valence-corrected chi connectivity index (χ2v) is 26.4. The van der Waals surface area contributed by atoms with Crippen molar-refractivity contribution in [3.05, 3.63) is 122 Å². The summed E-state index contributed by atoms with van der Waals surface area (Å²) < 4.78 is 207. The van der Waals surface area contributed by atoms with Crippen LogP contribution in [0.2, 0.25) is 5.02 Å². The Morgan fingerprint density at radius 2 is 1.57 bits per heavy atom. The van der Waals surface area contributed by atoms with Gasteiger partial charge in [0.15, 0.2) is 21.3 Å². The number of carbonyl (C=O) groups excluding carboxylic acids is 2. The Balaban J connectivity index is 1.36. The number of fused-ring (bicyclic) bond motifs is 4. The number of rotatable bonds is 17. The molecule has 2 aliphatic carbocycles. The van der Waals surface area contributed by atoms with Gasteiger partial charge in [0.05, 0.1) is 47.4 Å². The van der Waals surface area contributed by atoms with Crippen LogP contribution in [-0.4, -0.2) is 94.8 Å². The first-order valence-corrected chi connectivity index (χ1v) is 29.0. The molecule has 16 nitrogen and oxygen atoms in total. The number of pyridine rings is 1. The Bertz CT molecular complexity index is 3960. The van der Waals surface area contributed by atoms with E-state index in [1.165, 1.54) is 40.9 Å². The second-order valence-electron chi connectivity index (χ2n) is 21.6. The van der Waals surface area contributed by atoms with E-state index in [-0.39, 0.29) is 53.8 Å². The molecule has 3 aromatic heterocycles. The maximum Gasteiger partial charge on any atom is 0.435 e. The highest BCUT2D eigenvalue weighted by Gasteiger charge is 2.68. The van der Waals surface area contributed by atoms with E-state index >= 15 is 8.78 Å². The summed E-state index contributed by atoms with van der Waals surface area (Å²) >= 11 is 6.81. The van der Waals surface area contributed by atoms with Crippen LogP contribution in [0.15, 0.2) is 54.6 Å². The number of hydrogen-bond donors (Lipinski definition) is 2. The van der Waals surface area contributed by atoms with Crippen molar-refractivity contribution in [3.63, 3.8) is 0 Å². The van der Waals surface area contributed by atoms with Crippen LogP contribution in [0.25, 0.3) is 22.0 Å². The molecule has 3 unspecified atom stereocenters. The van der Waals surface area contributed by atoms with E-state index < -0.39 is 178 Å². The molecule has 0 spiro atoms. The molecule has 0 radical (unpaired) electrons. The van der Waals surface area contributed by atoms with Crippen LogP contribution < -0.4 is 14.4 Å². The summed E-state index contributed by atoms with van der Waals surface area (Å²) in [4.78, 5) is 45.8. The average Bonchev–Trinajstić information content (AvgIpc) is 1.71. The van der Waals surface area contributed by atoms with Crippen LogP contribution in [0.1, 0.15) is 103 Å². The molecule has 0 saturated heterocycles. The van der Waals surface area contributed by atoms with Gasteiger partial charge in [-0.2, -0.15) is 49.6 Å². The van der Waals surface area contributed by atoms with E-state index in [0.717, 1.165) is 42.7 Å². The molecule has 1 fully saturated rings. The number of sulfonamides is 1. The maximum absolute atomic E-state index is 15.7. The number of ether oxygens (including phenoxy) is 1. The predicted molar refractivity (Wildman–Crippen MR) is 282 cm³/mol. The molecule has 444 valence electrons. The smallest absolute Gasteiger partial charge is 0.435 e. The third kappa shape index (κ3) is 12.5. The minimum absolute atomic E-state index is 0.114. The first-order chi connectivity index (χ1) is 38.1. The SMILES string of the molecule is COc1cc(C)cc(CC(=O)O)c1C(C)(C)CC(=O)N(c1nn(CC(F)(F)F)c2c(-c3ccc(C#CC(C)(C)S(C)(=O)=O)nc3C(Cc3cc(F)cc(F)c3)NC(=O)Cn3nc(C(F)(F)F)c4c3C(F)(F)C3CC43)ccc(Cl)c12)S(C)(=O)=O. The zero-order valence-corrected chi connectivity index (χ0v) is 47.4. The van der Waals surface area contributed by atoms with Crippen LogP contribution in [0.4, 0.5) is 49.7 Å². The number of halogens is 11. The quantitative estimate of drug-likeness (QED) is 0.0645. The Kier molecular flexibility index (Phi) is 16.0. The van der Waals surface area contributed by atoms with Crippen molar-refractivity contribution in [2.45, 2.75) is 114 Å². The lowest BCUT2D eigenvalue weighted by Gasteiger charge is -2.31. The molecular weight excluding hydrogens is 1180 g/mol. The zero-order chi connectivity index (χ0) is 61.6. The molecule has 6 aromatic rings. The minimum Gasteiger partial charge on any atom is -0.496 e. The van der Waals surface area contributed by atoms with E-state index in [9.17, 15) is 71.4 Å². The number of carbonyl (C=O) groups is 3. The molecule has 8 rings (SSSR count). The Morgan fingerprint density at radius 1 is 0.928 bits per heavy atom. The number of carboxylic acids is 1. The number of aromatic nitrogens is 5. The second kappa shape index (κ2) is 21.4. The van der Waals surface area contributed by atoms with Crippen molar-refractivity contribution >= 4 is 66.0 Å². The first-order valence-electron chi connectivity index (χ1n) is 24.9. The molecule has 3 aromatic carbocycles. The van der Waals surface area contributed by atoms with Crippen molar-refractivity contribution in [2.75, 3.05) is 23.9 Å². The highest BCUT2D eigenvalue weighted by Crippen LogP contribution is 2.68. The van der Waals surface area contributed by atoms with Gasteiger partial charge < -0.3 is 15.2 Å². The van der Waals surface area contributed by atoms with Crippen molar-refractivity contribution in [2.24, 2.45) is 5.92 Å². The van der Waals surface area contributed by atoms with E-state index in [1.807, 2.05) is 0 Å². The zero-order valence-electron chi connectivity index (χ0n) is 45.0. The summed E-state index contributed by atoms with van der Waals surface area (Å²) in [6.45, 7) is 3.69. The summed E-state index contributed by atoms with van der Waals surface area (Å²) in [6, 6.07) is 7.76. The van der Waals surface area contributed by atoms with Gasteiger partial charge in [-0.25, -0.2) is 30.6 Å². The Labute approximate surface area is 473 Å². The summed E-state index contributed by atoms with van der Waals surface area (Å²) in [5, 5.41) is 18.6. The molecule has 2 N–H and O–H groups in total. The summed E-state index contributed by atoms with van der Waals surface area (Å²) in [5.74, 6) is -8.60. The molecule has 83 heavy (non-hydrogen) atoms. The van der Waals surface area contributed by atoms with Crippen LogP contribution in [0, 0.1) is 36.3 Å². The van der Waals surface area contributed by atoms with Crippen molar-refractivity contribution in [1.29, 1.82) is 0 Å². The largest absolute Gasteiger partial charge is 0.496 e. The van der Waals surface area contributed by atoms with Gasteiger partial charge in [0.1, 0.15) is 46.6 Å². The molecule has 2 aliphatic rings. The van der Waals surface area contributed by atoms with Gasteiger partial charge in [-0.1, -0.05) is 43.5 Å². The van der Waals surface area contributed by atoms with Crippen molar-refractivity contribution in [3.8, 4) is 28.7 Å². The van der Waals surface area contributed by atoms with Gasteiger partial charge in [-0.3, -0.25) is 23.7 Å². The monoisotopic (exact) mass is 1230 g/mol. The number of carboxylic acid groups (broad SMARTS) is 1. The fourth-order valence-electron chi connectivity index (χ4n) is 10.5. The fourth-order valence-corrected chi connectivity index (χ4v) is 11.8. The molecular formula is C54H50ClF10N7O9S2. The fraction of sp³-hybridized carbons (Fsp3) is 0.407. The highest BCUT2D eigenvalue weighted by molar-refractivity contribution is 7.93. The number of nitrogens with one attached hydrogen (secondary N) is 1. The van der Waals surface area contributed by atoms with E-state index in [4.69, 9.17) is 16.3 Å². The van der Waals surface area contributed by atoms with E-state index in [1.54, 1.807) is 13.0 Å². The number of benzene rings is 3. The Morgan fingerprint density at radius 3 is 2.14 bits per heavy atom. The standard InChI is InChI=1S/C54H50ClF10N7O9S2/c1-26-15-28(20-41(75)76)44(38(16-26)81-6)50(2,3)23-40(74)72(83(8,79)80)49-43-36(55)12-11-33(46(43)71(69-49)25-52(58,59)60)32-10-9-31(13-14-51(4,5)82(7,77)78)66-45(32)37(19-27-17-29(56)21-30(57)18-27)67-39(73)24-70-48-42(47(68-70)54(63,64)65)34-22-35(34)53(48,61)62/h9-12,15-18,21,34-35,37H,19-20,22-25H2,1-8H3,(H,67,73)(H,75,76). The third-order valence-electron chi connectivity index (χ3n) is 14.2. The van der Waals surface area contributed by atoms with Crippen molar-refractivity contribution < 1.29 is 85.0 Å². The van der Waals surface area contributed by atoms with Crippen LogP contribution in [0.5, 0.6) is 5.75 Å². The number of hydrogen-bond acceptors (Lipinski definition) is 11. The van der Waals surface area contributed by atoms with Gasteiger partial charge in [-0.15, -0.1) is 0 Å². The number of aliphatic carboxylic acids is 1. The van der Waals surface area contributed by atoms with Gasteiger partial charge in [0, 0.05) is 52.3 Å².